The first-order chi connectivity index (χ1) is 13.0. The second kappa shape index (κ2) is 8.44. The van der Waals surface area contributed by atoms with Crippen molar-refractivity contribution in [1.82, 2.24) is 0 Å². The molecule has 0 bridgehead atoms. The van der Waals surface area contributed by atoms with Crippen molar-refractivity contribution in [2.45, 2.75) is 32.7 Å². The van der Waals surface area contributed by atoms with E-state index in [0.29, 0.717) is 17.3 Å². The Balaban J connectivity index is 2.13. The average molecular weight is 368 g/mol. The summed E-state index contributed by atoms with van der Waals surface area (Å²) >= 11 is 0. The zero-order valence-electron chi connectivity index (χ0n) is 16.3. The summed E-state index contributed by atoms with van der Waals surface area (Å²) in [6, 6.07) is 12.2. The molecule has 5 heteroatoms. The second-order valence-corrected chi connectivity index (χ2v) is 6.91. The van der Waals surface area contributed by atoms with Crippen LogP contribution in [0.15, 0.2) is 36.4 Å². The topological polar surface area (TPSA) is 64.8 Å². The van der Waals surface area contributed by atoms with Gasteiger partial charge < -0.3 is 20.1 Å². The van der Waals surface area contributed by atoms with Crippen LogP contribution in [0.2, 0.25) is 0 Å². The van der Waals surface area contributed by atoms with Gasteiger partial charge in [-0.2, -0.15) is 0 Å². The van der Waals surface area contributed by atoms with Gasteiger partial charge in [0.2, 0.25) is 0 Å². The van der Waals surface area contributed by atoms with E-state index in [2.05, 4.69) is 17.9 Å². The first-order valence-corrected chi connectivity index (χ1v) is 9.48. The molecule has 3 rings (SSSR count). The first kappa shape index (κ1) is 19.2. The van der Waals surface area contributed by atoms with E-state index in [-0.39, 0.29) is 5.97 Å². The molecular formula is C22H28N2O3. The highest BCUT2D eigenvalue weighted by molar-refractivity contribution is 5.95. The van der Waals surface area contributed by atoms with Crippen molar-refractivity contribution in [3.8, 4) is 11.1 Å². The normalized spacial score (nSPS) is 14.8. The summed E-state index contributed by atoms with van der Waals surface area (Å²) in [6.07, 6.45) is 1.98. The number of rotatable bonds is 5. The molecule has 1 fully saturated rings. The van der Waals surface area contributed by atoms with Crippen LogP contribution in [0, 0.1) is 6.92 Å². The molecule has 1 aliphatic heterocycles. The number of hydrogen-bond acceptors (Lipinski definition) is 5. The molecule has 2 aromatic carbocycles. The summed E-state index contributed by atoms with van der Waals surface area (Å²) in [4.78, 5) is 14.8. The van der Waals surface area contributed by atoms with E-state index < -0.39 is 0 Å². The maximum Gasteiger partial charge on any atom is 0.338 e. The maximum absolute atomic E-state index is 12.4. The minimum atomic E-state index is -0.317. The molecule has 0 atom stereocenters. The molecule has 0 saturated carbocycles. The van der Waals surface area contributed by atoms with E-state index in [0.717, 1.165) is 55.0 Å². The fraction of sp³-hybridized carbons (Fsp3) is 0.409. The van der Waals surface area contributed by atoms with Crippen molar-refractivity contribution < 1.29 is 14.3 Å². The summed E-state index contributed by atoms with van der Waals surface area (Å²) in [5.41, 5.74) is 11.2. The van der Waals surface area contributed by atoms with Gasteiger partial charge in [0.25, 0.3) is 0 Å². The van der Waals surface area contributed by atoms with Crippen LogP contribution in [0.4, 0.5) is 11.4 Å². The minimum Gasteiger partial charge on any atom is -0.465 e. The third-order valence-corrected chi connectivity index (χ3v) is 5.29. The predicted molar refractivity (Wildman–Crippen MR) is 109 cm³/mol. The van der Waals surface area contributed by atoms with Gasteiger partial charge in [0.05, 0.1) is 12.7 Å². The third-order valence-electron chi connectivity index (χ3n) is 5.29. The molecule has 2 N–H and O–H groups in total. The Labute approximate surface area is 161 Å². The smallest absolute Gasteiger partial charge is 0.338 e. The summed E-state index contributed by atoms with van der Waals surface area (Å²) in [7, 11) is 1.42. The first-order valence-electron chi connectivity index (χ1n) is 9.48. The Bertz CT molecular complexity index is 813. The lowest BCUT2D eigenvalue weighted by atomic mass is 9.95. The van der Waals surface area contributed by atoms with Crippen LogP contribution in [0.25, 0.3) is 11.1 Å². The zero-order valence-corrected chi connectivity index (χ0v) is 16.3. The summed E-state index contributed by atoms with van der Waals surface area (Å²) < 4.78 is 10.6. The molecule has 0 amide bonds. The lowest BCUT2D eigenvalue weighted by Crippen LogP contribution is -2.40. The number of carbonyl (C=O) groups is 1. The van der Waals surface area contributed by atoms with Gasteiger partial charge in [-0.1, -0.05) is 12.1 Å². The third kappa shape index (κ3) is 4.08. The van der Waals surface area contributed by atoms with Crippen LogP contribution in [-0.2, 0) is 9.47 Å². The summed E-state index contributed by atoms with van der Waals surface area (Å²) in [5.74, 6) is -0.317. The molecule has 1 aliphatic rings. The van der Waals surface area contributed by atoms with E-state index in [1.54, 1.807) is 0 Å². The number of nitrogens with two attached hydrogens (primary N) is 1. The number of carbonyl (C=O) groups excluding carboxylic acids is 1. The molecule has 0 aliphatic carbocycles. The zero-order chi connectivity index (χ0) is 19.4. The quantitative estimate of drug-likeness (QED) is 0.637. The summed E-state index contributed by atoms with van der Waals surface area (Å²) in [6.45, 7) is 6.57. The van der Waals surface area contributed by atoms with Crippen molar-refractivity contribution in [2.24, 2.45) is 0 Å². The predicted octanol–water partition coefficient (Wildman–Crippen LogP) is 4.04. The van der Waals surface area contributed by atoms with Crippen molar-refractivity contribution >= 4 is 17.3 Å². The van der Waals surface area contributed by atoms with Crippen molar-refractivity contribution in [2.75, 3.05) is 37.5 Å². The Hall–Kier alpha value is -2.53. The summed E-state index contributed by atoms with van der Waals surface area (Å²) in [5, 5.41) is 0. The monoisotopic (exact) mass is 368 g/mol. The molecule has 27 heavy (non-hydrogen) atoms. The van der Waals surface area contributed by atoms with Crippen molar-refractivity contribution in [1.29, 1.82) is 0 Å². The highest BCUT2D eigenvalue weighted by Gasteiger charge is 2.25. The molecule has 5 nitrogen and oxygen atoms in total. The molecule has 2 aromatic rings. The number of hydrogen-bond donors (Lipinski definition) is 1. The highest BCUT2D eigenvalue weighted by Crippen LogP contribution is 2.34. The number of anilines is 2. The fourth-order valence-corrected chi connectivity index (χ4v) is 3.83. The molecular weight excluding hydrogens is 340 g/mol. The van der Waals surface area contributed by atoms with E-state index >= 15 is 0 Å². The van der Waals surface area contributed by atoms with Gasteiger partial charge in [-0.25, -0.2) is 4.79 Å². The lowest BCUT2D eigenvalue weighted by Gasteiger charge is -2.37. The molecule has 1 heterocycles. The Kier molecular flexibility index (Phi) is 6.01. The van der Waals surface area contributed by atoms with Gasteiger partial charge in [-0.3, -0.25) is 0 Å². The molecule has 144 valence electrons. The fourth-order valence-electron chi connectivity index (χ4n) is 3.83. The van der Waals surface area contributed by atoms with Gasteiger partial charge in [0.15, 0.2) is 0 Å². The van der Waals surface area contributed by atoms with Crippen LogP contribution < -0.4 is 10.6 Å². The standard InChI is InChI=1S/C22H28N2O3/c1-4-24(19-8-10-27-11-9-19)21-14-17(16-6-5-7-18(23)12-16)13-20(15(21)2)22(25)26-3/h5-7,12-14,19H,4,8-11,23H2,1-3H3. The largest absolute Gasteiger partial charge is 0.465 e. The SMILES string of the molecule is CCN(c1cc(-c2cccc(N)c2)cc(C(=O)OC)c1C)C1CCOCC1. The Morgan fingerprint density at radius 1 is 1.22 bits per heavy atom. The van der Waals surface area contributed by atoms with Gasteiger partial charge in [0.1, 0.15) is 0 Å². The molecule has 1 saturated heterocycles. The second-order valence-electron chi connectivity index (χ2n) is 6.91. The lowest BCUT2D eigenvalue weighted by molar-refractivity contribution is 0.0599. The van der Waals surface area contributed by atoms with Crippen LogP contribution in [0.5, 0.6) is 0 Å². The van der Waals surface area contributed by atoms with E-state index in [9.17, 15) is 4.79 Å². The van der Waals surface area contributed by atoms with Crippen molar-refractivity contribution in [3.63, 3.8) is 0 Å². The maximum atomic E-state index is 12.4. The van der Waals surface area contributed by atoms with Crippen LogP contribution in [0.3, 0.4) is 0 Å². The number of nitrogen functional groups attached to an aromatic ring is 1. The number of methoxy groups -OCH3 is 1. The number of nitrogens with zero attached hydrogens (tertiary/aromatic N) is 1. The molecule has 0 unspecified atom stereocenters. The van der Waals surface area contributed by atoms with Gasteiger partial charge in [0, 0.05) is 37.2 Å². The molecule has 0 radical (unpaired) electrons. The van der Waals surface area contributed by atoms with Crippen molar-refractivity contribution in [3.05, 3.63) is 47.5 Å². The number of esters is 1. The van der Waals surface area contributed by atoms with Crippen LogP contribution in [0.1, 0.15) is 35.7 Å². The van der Waals surface area contributed by atoms with Gasteiger partial charge >= 0.3 is 5.97 Å². The van der Waals surface area contributed by atoms with Gasteiger partial charge in [-0.05, 0) is 67.6 Å². The number of benzene rings is 2. The number of ether oxygens (including phenoxy) is 2. The highest BCUT2D eigenvalue weighted by atomic mass is 16.5. The Morgan fingerprint density at radius 3 is 2.59 bits per heavy atom. The van der Waals surface area contributed by atoms with Gasteiger partial charge in [-0.15, -0.1) is 0 Å². The molecule has 0 aromatic heterocycles. The van der Waals surface area contributed by atoms with E-state index in [1.165, 1.54) is 7.11 Å². The van der Waals surface area contributed by atoms with Crippen LogP contribution >= 0.6 is 0 Å². The van der Waals surface area contributed by atoms with Crippen LogP contribution in [-0.4, -0.2) is 38.9 Å². The average Bonchev–Trinajstić information content (AvgIpc) is 2.70. The van der Waals surface area contributed by atoms with E-state index in [1.807, 2.05) is 37.3 Å². The van der Waals surface area contributed by atoms with E-state index in [4.69, 9.17) is 15.2 Å². The Morgan fingerprint density at radius 2 is 1.96 bits per heavy atom. The molecule has 0 spiro atoms. The minimum absolute atomic E-state index is 0.317.